The Hall–Kier alpha value is -3.78. The molecule has 0 bridgehead atoms. The van der Waals surface area contributed by atoms with Crippen molar-refractivity contribution in [1.29, 1.82) is 0 Å². The number of carbonyl (C=O) groups is 2. The van der Waals surface area contributed by atoms with Gasteiger partial charge in [0, 0.05) is 15.4 Å². The first-order valence-electron chi connectivity index (χ1n) is 9.10. The number of benzene rings is 3. The van der Waals surface area contributed by atoms with Crippen molar-refractivity contribution in [1.82, 2.24) is 9.97 Å². The van der Waals surface area contributed by atoms with Crippen LogP contribution in [0, 0.1) is 0 Å². The summed E-state index contributed by atoms with van der Waals surface area (Å²) in [4.78, 5) is 33.1. The molecule has 0 radical (unpaired) electrons. The highest BCUT2D eigenvalue weighted by Crippen LogP contribution is 2.35. The average Bonchev–Trinajstić information content (AvgIpc) is 3.17. The molecule has 3 aromatic carbocycles. The lowest BCUT2D eigenvalue weighted by atomic mass is 10.2. The van der Waals surface area contributed by atoms with Crippen LogP contribution >= 0.6 is 11.8 Å². The Bertz CT molecular complexity index is 1210. The third kappa shape index (κ3) is 4.44. The van der Waals surface area contributed by atoms with Gasteiger partial charge in [-0.25, -0.2) is 9.78 Å². The normalized spacial score (nSPS) is 10.6. The fourth-order valence-corrected chi connectivity index (χ4v) is 3.77. The smallest absolute Gasteiger partial charge is 0.413 e. The summed E-state index contributed by atoms with van der Waals surface area (Å²) in [6, 6.07) is 22.5. The molecule has 2 amide bonds. The Balaban J connectivity index is 1.55. The Morgan fingerprint density at radius 2 is 1.73 bits per heavy atom. The molecule has 0 unspecified atom stereocenters. The first-order chi connectivity index (χ1) is 14.6. The van der Waals surface area contributed by atoms with Gasteiger partial charge in [-0.05, 0) is 42.5 Å². The number of nitrogens with one attached hydrogen (secondary N) is 3. The highest BCUT2D eigenvalue weighted by molar-refractivity contribution is 7.99. The Morgan fingerprint density at radius 3 is 2.53 bits per heavy atom. The van der Waals surface area contributed by atoms with Crippen molar-refractivity contribution < 1.29 is 14.3 Å². The average molecular weight is 418 g/mol. The van der Waals surface area contributed by atoms with Gasteiger partial charge < -0.3 is 15.0 Å². The molecule has 0 aliphatic rings. The van der Waals surface area contributed by atoms with Crippen LogP contribution in [0.4, 0.5) is 16.4 Å². The number of hydrogen-bond acceptors (Lipinski definition) is 5. The molecule has 30 heavy (non-hydrogen) atoms. The number of para-hydroxylation sites is 1. The topological polar surface area (TPSA) is 96.1 Å². The second kappa shape index (κ2) is 8.71. The van der Waals surface area contributed by atoms with Crippen LogP contribution in [0.2, 0.25) is 0 Å². The molecule has 0 atom stereocenters. The molecule has 150 valence electrons. The maximum absolute atomic E-state index is 12.5. The van der Waals surface area contributed by atoms with Gasteiger partial charge in [0.25, 0.3) is 5.91 Å². The summed E-state index contributed by atoms with van der Waals surface area (Å²) in [5, 5.41) is 5.49. The second-order valence-corrected chi connectivity index (χ2v) is 7.41. The van der Waals surface area contributed by atoms with Crippen molar-refractivity contribution >= 4 is 46.4 Å². The molecular weight excluding hydrogens is 400 g/mol. The number of anilines is 2. The van der Waals surface area contributed by atoms with Gasteiger partial charge in [0.1, 0.15) is 0 Å². The highest BCUT2D eigenvalue weighted by atomic mass is 32.2. The standard InChI is InChI=1S/C22H18N4O3S/c1-29-22(28)26-21-24-16-12-11-15(13-18(16)25-21)30-19-10-6-5-9-17(19)23-20(27)14-7-3-2-4-8-14/h2-13H,1H3,(H,23,27)(H2,24,25,26,28). The quantitative estimate of drug-likeness (QED) is 0.417. The van der Waals surface area contributed by atoms with Crippen molar-refractivity contribution in [2.45, 2.75) is 9.79 Å². The number of aromatic amines is 1. The van der Waals surface area contributed by atoms with Gasteiger partial charge in [-0.2, -0.15) is 0 Å². The second-order valence-electron chi connectivity index (χ2n) is 6.30. The Morgan fingerprint density at radius 1 is 0.967 bits per heavy atom. The summed E-state index contributed by atoms with van der Waals surface area (Å²) in [5.41, 5.74) is 2.82. The summed E-state index contributed by atoms with van der Waals surface area (Å²) in [6.45, 7) is 0. The molecule has 0 aliphatic heterocycles. The van der Waals surface area contributed by atoms with Crippen LogP contribution in [0.25, 0.3) is 11.0 Å². The molecule has 0 spiro atoms. The van der Waals surface area contributed by atoms with E-state index in [0.717, 1.165) is 26.5 Å². The van der Waals surface area contributed by atoms with E-state index in [4.69, 9.17) is 0 Å². The summed E-state index contributed by atoms with van der Waals surface area (Å²) < 4.78 is 4.58. The van der Waals surface area contributed by atoms with Gasteiger partial charge >= 0.3 is 6.09 Å². The summed E-state index contributed by atoms with van der Waals surface area (Å²) >= 11 is 1.52. The molecule has 0 saturated heterocycles. The summed E-state index contributed by atoms with van der Waals surface area (Å²) in [5.74, 6) is 0.153. The Kier molecular flexibility index (Phi) is 5.67. The lowest BCUT2D eigenvalue weighted by molar-refractivity contribution is 0.102. The van der Waals surface area contributed by atoms with E-state index in [0.29, 0.717) is 11.5 Å². The van der Waals surface area contributed by atoms with E-state index < -0.39 is 6.09 Å². The first kappa shape index (κ1) is 19.5. The van der Waals surface area contributed by atoms with Crippen molar-refractivity contribution in [2.75, 3.05) is 17.7 Å². The zero-order chi connectivity index (χ0) is 20.9. The number of rotatable bonds is 5. The largest absolute Gasteiger partial charge is 0.453 e. The maximum Gasteiger partial charge on any atom is 0.413 e. The lowest BCUT2D eigenvalue weighted by Gasteiger charge is -2.11. The van der Waals surface area contributed by atoms with Gasteiger partial charge in [-0.15, -0.1) is 0 Å². The van der Waals surface area contributed by atoms with E-state index in [1.807, 2.05) is 60.7 Å². The third-order valence-corrected chi connectivity index (χ3v) is 5.32. The number of aromatic nitrogens is 2. The predicted molar refractivity (Wildman–Crippen MR) is 117 cm³/mol. The Labute approximate surface area is 176 Å². The molecule has 4 rings (SSSR count). The summed E-state index contributed by atoms with van der Waals surface area (Å²) in [6.07, 6.45) is -0.591. The van der Waals surface area contributed by atoms with Crippen LogP contribution < -0.4 is 10.6 Å². The zero-order valence-corrected chi connectivity index (χ0v) is 16.8. The van der Waals surface area contributed by atoms with Crippen LogP contribution in [0.3, 0.4) is 0 Å². The zero-order valence-electron chi connectivity index (χ0n) is 16.0. The molecular formula is C22H18N4O3S. The van der Waals surface area contributed by atoms with Crippen molar-refractivity contribution in [3.05, 3.63) is 78.4 Å². The monoisotopic (exact) mass is 418 g/mol. The van der Waals surface area contributed by atoms with Crippen LogP contribution in [-0.2, 0) is 4.74 Å². The maximum atomic E-state index is 12.5. The van der Waals surface area contributed by atoms with Crippen molar-refractivity contribution in [3.8, 4) is 0 Å². The van der Waals surface area contributed by atoms with E-state index in [2.05, 4.69) is 25.3 Å². The molecule has 8 heteroatoms. The molecule has 3 N–H and O–H groups in total. The number of nitrogens with zero attached hydrogens (tertiary/aromatic N) is 1. The van der Waals surface area contributed by atoms with Crippen molar-refractivity contribution in [2.24, 2.45) is 0 Å². The van der Waals surface area contributed by atoms with Gasteiger partial charge in [-0.3, -0.25) is 10.1 Å². The van der Waals surface area contributed by atoms with E-state index in [1.54, 1.807) is 12.1 Å². The molecule has 0 aliphatic carbocycles. The number of carbonyl (C=O) groups excluding carboxylic acids is 2. The minimum Gasteiger partial charge on any atom is -0.453 e. The molecule has 7 nitrogen and oxygen atoms in total. The first-order valence-corrected chi connectivity index (χ1v) is 9.92. The number of fused-ring (bicyclic) bond motifs is 1. The molecule has 0 fully saturated rings. The fraction of sp³-hybridized carbons (Fsp3) is 0.0455. The fourth-order valence-electron chi connectivity index (χ4n) is 2.83. The number of H-pyrrole nitrogens is 1. The highest BCUT2D eigenvalue weighted by Gasteiger charge is 2.11. The number of ether oxygens (including phenoxy) is 1. The van der Waals surface area contributed by atoms with Crippen LogP contribution in [0.1, 0.15) is 10.4 Å². The SMILES string of the molecule is COC(=O)Nc1nc2ccc(Sc3ccccc3NC(=O)c3ccccc3)cc2[nH]1. The third-order valence-electron chi connectivity index (χ3n) is 4.26. The molecule has 4 aromatic rings. The van der Waals surface area contributed by atoms with Gasteiger partial charge in [0.15, 0.2) is 0 Å². The van der Waals surface area contributed by atoms with Gasteiger partial charge in [0.05, 0.1) is 23.8 Å². The number of imidazole rings is 1. The minimum absolute atomic E-state index is 0.161. The lowest BCUT2D eigenvalue weighted by Crippen LogP contribution is -2.12. The van der Waals surface area contributed by atoms with Gasteiger partial charge in [-0.1, -0.05) is 42.1 Å². The van der Waals surface area contributed by atoms with Gasteiger partial charge in [0.2, 0.25) is 5.95 Å². The molecule has 1 heterocycles. The van der Waals surface area contributed by atoms with Crippen LogP contribution in [0.15, 0.2) is 82.6 Å². The number of hydrogen-bond donors (Lipinski definition) is 3. The van der Waals surface area contributed by atoms with E-state index in [9.17, 15) is 9.59 Å². The molecule has 0 saturated carbocycles. The predicted octanol–water partition coefficient (Wildman–Crippen LogP) is 5.14. The van der Waals surface area contributed by atoms with E-state index in [-0.39, 0.29) is 5.91 Å². The number of amides is 2. The molecule has 1 aromatic heterocycles. The van der Waals surface area contributed by atoms with E-state index >= 15 is 0 Å². The number of methoxy groups -OCH3 is 1. The van der Waals surface area contributed by atoms with Crippen LogP contribution in [0.5, 0.6) is 0 Å². The van der Waals surface area contributed by atoms with Crippen molar-refractivity contribution in [3.63, 3.8) is 0 Å². The minimum atomic E-state index is -0.591. The van der Waals surface area contributed by atoms with E-state index in [1.165, 1.54) is 18.9 Å². The van der Waals surface area contributed by atoms with Crippen LogP contribution in [-0.4, -0.2) is 29.1 Å². The summed E-state index contributed by atoms with van der Waals surface area (Å²) in [7, 11) is 1.29.